The highest BCUT2D eigenvalue weighted by Gasteiger charge is 2.53. The second kappa shape index (κ2) is 8.45. The van der Waals surface area contributed by atoms with Crippen molar-refractivity contribution in [2.24, 2.45) is 0 Å². The fraction of sp³-hybridized carbons (Fsp3) is 0.462. The van der Waals surface area contributed by atoms with Gasteiger partial charge in [-0.05, 0) is 43.0 Å². The molecule has 2 aromatic rings. The van der Waals surface area contributed by atoms with Gasteiger partial charge in [-0.2, -0.15) is 0 Å². The summed E-state index contributed by atoms with van der Waals surface area (Å²) in [6, 6.07) is 14.4. The molecule has 1 unspecified atom stereocenters. The largest absolute Gasteiger partial charge is 0.439 e. The van der Waals surface area contributed by atoms with E-state index in [9.17, 15) is 14.0 Å². The zero-order chi connectivity index (χ0) is 23.1. The number of nitrogens with zero attached hydrogens (tertiary/aromatic N) is 2. The van der Waals surface area contributed by atoms with Gasteiger partial charge in [0.2, 0.25) is 5.91 Å². The van der Waals surface area contributed by atoms with Gasteiger partial charge in [0.1, 0.15) is 5.82 Å². The normalized spacial score (nSPS) is 24.4. The Hall–Kier alpha value is -2.93. The average molecular weight is 453 g/mol. The van der Waals surface area contributed by atoms with Crippen molar-refractivity contribution < 1.29 is 23.5 Å². The van der Waals surface area contributed by atoms with Gasteiger partial charge < -0.3 is 14.4 Å². The van der Waals surface area contributed by atoms with Crippen molar-refractivity contribution in [2.45, 2.75) is 43.7 Å². The van der Waals surface area contributed by atoms with Crippen molar-refractivity contribution in [1.82, 2.24) is 9.80 Å². The van der Waals surface area contributed by atoms with Crippen LogP contribution < -0.4 is 0 Å². The molecule has 3 aliphatic rings. The van der Waals surface area contributed by atoms with Crippen LogP contribution in [-0.2, 0) is 26.2 Å². The molecular weight excluding hydrogens is 423 g/mol. The van der Waals surface area contributed by atoms with Gasteiger partial charge in [-0.25, -0.2) is 9.18 Å². The summed E-state index contributed by atoms with van der Waals surface area (Å²) in [5.74, 6) is -0.209. The van der Waals surface area contributed by atoms with Crippen LogP contribution in [0.25, 0.3) is 0 Å². The Morgan fingerprint density at radius 1 is 1.00 bits per heavy atom. The van der Waals surface area contributed by atoms with Crippen molar-refractivity contribution in [1.29, 1.82) is 0 Å². The number of hydrogen-bond donors (Lipinski definition) is 0. The van der Waals surface area contributed by atoms with Gasteiger partial charge in [0.05, 0.1) is 18.5 Å². The maximum Gasteiger partial charge on any atom is 0.410 e. The first-order valence-electron chi connectivity index (χ1n) is 11.6. The summed E-state index contributed by atoms with van der Waals surface area (Å²) in [4.78, 5) is 30.0. The molecule has 0 bridgehead atoms. The lowest BCUT2D eigenvalue weighted by Crippen LogP contribution is -2.50. The first-order chi connectivity index (χ1) is 15.9. The van der Waals surface area contributed by atoms with Gasteiger partial charge in [0, 0.05) is 32.7 Å². The lowest BCUT2D eigenvalue weighted by Gasteiger charge is -2.39. The number of carbonyl (C=O) groups excluding carboxylic acids is 2. The summed E-state index contributed by atoms with van der Waals surface area (Å²) in [6.45, 7) is 4.89. The predicted molar refractivity (Wildman–Crippen MR) is 120 cm³/mol. The molecule has 5 rings (SSSR count). The summed E-state index contributed by atoms with van der Waals surface area (Å²) in [5.41, 5.74) is 1.74. The third-order valence-corrected chi connectivity index (χ3v) is 7.29. The SMILES string of the molecule is Cc1ccc(C2(C(=O)N3CCC4(CN(Cc5ccc(F)cc5)C(=O)O4)C3)CCOCC2)cc1. The number of benzene rings is 2. The van der Waals surface area contributed by atoms with E-state index in [1.54, 1.807) is 17.0 Å². The molecule has 33 heavy (non-hydrogen) atoms. The van der Waals surface area contributed by atoms with Gasteiger partial charge >= 0.3 is 6.09 Å². The topological polar surface area (TPSA) is 59.1 Å². The average Bonchev–Trinajstić information content (AvgIpc) is 3.37. The van der Waals surface area contributed by atoms with Crippen LogP contribution in [0.3, 0.4) is 0 Å². The molecule has 2 aromatic carbocycles. The number of aryl methyl sites for hydroxylation is 1. The Kier molecular flexibility index (Phi) is 5.60. The standard InChI is InChI=1S/C26H29FN2O4/c1-19-2-6-21(7-3-19)26(11-14-32-15-12-26)23(30)28-13-10-25(17-28)18-29(24(31)33-25)16-20-4-8-22(27)9-5-20/h2-9H,10-18H2,1H3. The molecule has 0 aliphatic carbocycles. The molecule has 0 radical (unpaired) electrons. The highest BCUT2D eigenvalue weighted by molar-refractivity contribution is 5.89. The van der Waals surface area contributed by atoms with E-state index in [0.29, 0.717) is 58.7 Å². The quantitative estimate of drug-likeness (QED) is 0.708. The zero-order valence-corrected chi connectivity index (χ0v) is 18.9. The fourth-order valence-corrected chi connectivity index (χ4v) is 5.38. The van der Waals surface area contributed by atoms with Crippen LogP contribution in [0.1, 0.15) is 36.0 Å². The minimum atomic E-state index is -0.688. The summed E-state index contributed by atoms with van der Waals surface area (Å²) >= 11 is 0. The van der Waals surface area contributed by atoms with E-state index >= 15 is 0 Å². The number of carbonyl (C=O) groups is 2. The van der Waals surface area contributed by atoms with Crippen molar-refractivity contribution >= 4 is 12.0 Å². The van der Waals surface area contributed by atoms with Crippen molar-refractivity contribution in [3.05, 3.63) is 71.0 Å². The first-order valence-corrected chi connectivity index (χ1v) is 11.6. The van der Waals surface area contributed by atoms with Crippen LogP contribution in [-0.4, -0.2) is 60.2 Å². The van der Waals surface area contributed by atoms with E-state index in [1.807, 2.05) is 11.8 Å². The van der Waals surface area contributed by atoms with Gasteiger partial charge in [-0.15, -0.1) is 0 Å². The minimum absolute atomic E-state index is 0.0968. The summed E-state index contributed by atoms with van der Waals surface area (Å²) in [7, 11) is 0. The van der Waals surface area contributed by atoms with Crippen molar-refractivity contribution in [3.63, 3.8) is 0 Å². The van der Waals surface area contributed by atoms with Gasteiger partial charge in [0.15, 0.2) is 5.60 Å². The molecule has 3 aliphatic heterocycles. The van der Waals surface area contributed by atoms with Crippen LogP contribution in [0, 0.1) is 12.7 Å². The molecular formula is C26H29FN2O4. The molecule has 1 spiro atoms. The molecule has 7 heteroatoms. The Morgan fingerprint density at radius 3 is 2.39 bits per heavy atom. The van der Waals surface area contributed by atoms with Gasteiger partial charge in [-0.1, -0.05) is 42.0 Å². The third kappa shape index (κ3) is 4.10. The lowest BCUT2D eigenvalue weighted by atomic mass is 9.73. The van der Waals surface area contributed by atoms with E-state index in [4.69, 9.17) is 9.47 Å². The summed E-state index contributed by atoms with van der Waals surface area (Å²) < 4.78 is 24.6. The Balaban J connectivity index is 1.32. The van der Waals surface area contributed by atoms with E-state index in [0.717, 1.165) is 16.7 Å². The highest BCUT2D eigenvalue weighted by Crippen LogP contribution is 2.40. The molecule has 0 aromatic heterocycles. The fourth-order valence-electron chi connectivity index (χ4n) is 5.38. The Bertz CT molecular complexity index is 1030. The van der Waals surface area contributed by atoms with Gasteiger partial charge in [-0.3, -0.25) is 9.69 Å². The molecule has 0 saturated carbocycles. The van der Waals surface area contributed by atoms with Crippen LogP contribution in [0.15, 0.2) is 48.5 Å². The highest BCUT2D eigenvalue weighted by atomic mass is 19.1. The first kappa shape index (κ1) is 21.9. The lowest BCUT2D eigenvalue weighted by molar-refractivity contribution is -0.141. The molecule has 1 atom stereocenters. The zero-order valence-electron chi connectivity index (χ0n) is 18.9. The maximum absolute atomic E-state index is 13.9. The van der Waals surface area contributed by atoms with Gasteiger partial charge in [0.25, 0.3) is 0 Å². The number of amides is 2. The molecule has 6 nitrogen and oxygen atoms in total. The van der Waals surface area contributed by atoms with Crippen LogP contribution >= 0.6 is 0 Å². The molecule has 3 fully saturated rings. The number of ether oxygens (including phenoxy) is 2. The molecule has 3 heterocycles. The van der Waals surface area contributed by atoms with E-state index in [1.165, 1.54) is 12.1 Å². The number of hydrogen-bond acceptors (Lipinski definition) is 4. The van der Waals surface area contributed by atoms with E-state index in [-0.39, 0.29) is 17.8 Å². The van der Waals surface area contributed by atoms with E-state index in [2.05, 4.69) is 24.3 Å². The number of likely N-dealkylation sites (tertiary alicyclic amines) is 1. The predicted octanol–water partition coefficient (Wildman–Crippen LogP) is 3.81. The maximum atomic E-state index is 13.9. The third-order valence-electron chi connectivity index (χ3n) is 7.29. The second-order valence-corrected chi connectivity index (χ2v) is 9.57. The monoisotopic (exact) mass is 452 g/mol. The molecule has 3 saturated heterocycles. The van der Waals surface area contributed by atoms with Crippen LogP contribution in [0.2, 0.25) is 0 Å². The van der Waals surface area contributed by atoms with Crippen LogP contribution in [0.5, 0.6) is 0 Å². The second-order valence-electron chi connectivity index (χ2n) is 9.57. The van der Waals surface area contributed by atoms with E-state index < -0.39 is 11.0 Å². The van der Waals surface area contributed by atoms with Crippen molar-refractivity contribution in [3.8, 4) is 0 Å². The molecule has 2 amide bonds. The molecule has 174 valence electrons. The smallest absolute Gasteiger partial charge is 0.410 e. The summed E-state index contributed by atoms with van der Waals surface area (Å²) in [6.07, 6.45) is 1.53. The van der Waals surface area contributed by atoms with Crippen LogP contribution in [0.4, 0.5) is 9.18 Å². The number of halogens is 1. The van der Waals surface area contributed by atoms with Crippen molar-refractivity contribution in [2.75, 3.05) is 32.8 Å². The molecule has 0 N–H and O–H groups in total. The Morgan fingerprint density at radius 2 is 1.70 bits per heavy atom. The minimum Gasteiger partial charge on any atom is -0.439 e. The number of rotatable bonds is 4. The summed E-state index contributed by atoms with van der Waals surface area (Å²) in [5, 5.41) is 0. The Labute approximate surface area is 193 Å².